The van der Waals surface area contributed by atoms with Crippen molar-refractivity contribution in [1.82, 2.24) is 0 Å². The second-order valence-electron chi connectivity index (χ2n) is 11.1. The molecule has 5 heteroatoms. The van der Waals surface area contributed by atoms with Gasteiger partial charge in [0.15, 0.2) is 0 Å². The van der Waals surface area contributed by atoms with Crippen LogP contribution in [0.2, 0.25) is 0 Å². The minimum atomic E-state index is -0.899. The van der Waals surface area contributed by atoms with Gasteiger partial charge in [-0.15, -0.1) is 0 Å². The van der Waals surface area contributed by atoms with Gasteiger partial charge in [0, 0.05) is 6.08 Å². The molecule has 5 nitrogen and oxygen atoms in total. The van der Waals surface area contributed by atoms with Crippen LogP contribution >= 0.6 is 0 Å². The zero-order valence-electron chi connectivity index (χ0n) is 18.0. The lowest BCUT2D eigenvalue weighted by molar-refractivity contribution is -0.223. The standard InChI is InChI=1S/C24H38O5/c1-13(4-7-19(26)27)15-5-6-16-20-17(9-11-23(15,16)2)24(3)10-8-14(25)12-18(24)21(28)22(20)29/h4,7,13-18,20-22,25,28-29H,5-6,8-12H2,1-3H3,(H,26,27)/b7-4+/t13-,14-,15-,16+,17+,18+,20+,21-,22-,23-,24-/m1/s1. The van der Waals surface area contributed by atoms with Crippen LogP contribution in [0.1, 0.15) is 65.7 Å². The summed E-state index contributed by atoms with van der Waals surface area (Å²) in [4.78, 5) is 11.0. The van der Waals surface area contributed by atoms with E-state index in [0.29, 0.717) is 24.2 Å². The van der Waals surface area contributed by atoms with Gasteiger partial charge in [-0.05, 0) is 91.3 Å². The predicted molar refractivity (Wildman–Crippen MR) is 110 cm³/mol. The molecule has 0 spiro atoms. The van der Waals surface area contributed by atoms with E-state index in [1.54, 1.807) is 0 Å². The van der Waals surface area contributed by atoms with Crippen LogP contribution < -0.4 is 0 Å². The number of carboxylic acid groups (broad SMARTS) is 1. The number of carboxylic acids is 1. The number of aliphatic hydroxyl groups excluding tert-OH is 3. The van der Waals surface area contributed by atoms with Gasteiger partial charge in [-0.3, -0.25) is 0 Å². The van der Waals surface area contributed by atoms with Gasteiger partial charge < -0.3 is 20.4 Å². The highest BCUT2D eigenvalue weighted by Gasteiger charge is 2.65. The monoisotopic (exact) mass is 406 g/mol. The molecule has 11 atom stereocenters. The fraction of sp³-hybridized carbons (Fsp3) is 0.875. The molecule has 4 aliphatic rings. The van der Waals surface area contributed by atoms with Gasteiger partial charge in [-0.25, -0.2) is 4.79 Å². The Labute approximate surface area is 174 Å². The van der Waals surface area contributed by atoms with E-state index in [9.17, 15) is 20.1 Å². The first kappa shape index (κ1) is 21.3. The van der Waals surface area contributed by atoms with Crippen LogP contribution in [0, 0.1) is 46.3 Å². The summed E-state index contributed by atoms with van der Waals surface area (Å²) in [6.45, 7) is 6.76. The molecule has 4 saturated carbocycles. The molecule has 0 aliphatic heterocycles. The quantitative estimate of drug-likeness (QED) is 0.540. The summed E-state index contributed by atoms with van der Waals surface area (Å²) in [5.41, 5.74) is 0.0539. The van der Waals surface area contributed by atoms with Crippen LogP contribution in [-0.4, -0.2) is 44.7 Å². The van der Waals surface area contributed by atoms with Gasteiger partial charge in [0.2, 0.25) is 0 Å². The molecule has 164 valence electrons. The molecule has 0 amide bonds. The highest BCUT2D eigenvalue weighted by molar-refractivity contribution is 5.79. The lowest BCUT2D eigenvalue weighted by Gasteiger charge is -2.63. The molecular weight excluding hydrogens is 368 g/mol. The number of allylic oxidation sites excluding steroid dienone is 1. The first-order chi connectivity index (χ1) is 13.6. The minimum absolute atomic E-state index is 0.0171. The Bertz CT molecular complexity index is 676. The second kappa shape index (κ2) is 7.35. The second-order valence-corrected chi connectivity index (χ2v) is 11.1. The number of hydrogen-bond donors (Lipinski definition) is 4. The maximum Gasteiger partial charge on any atom is 0.327 e. The van der Waals surface area contributed by atoms with E-state index in [-0.39, 0.29) is 34.7 Å². The van der Waals surface area contributed by atoms with Crippen LogP contribution in [0.15, 0.2) is 12.2 Å². The van der Waals surface area contributed by atoms with Crippen molar-refractivity contribution in [3.63, 3.8) is 0 Å². The fourth-order valence-corrected chi connectivity index (χ4v) is 8.51. The number of hydrogen-bond acceptors (Lipinski definition) is 4. The molecule has 0 heterocycles. The van der Waals surface area contributed by atoms with Crippen molar-refractivity contribution in [3.8, 4) is 0 Å². The van der Waals surface area contributed by atoms with Crippen molar-refractivity contribution in [2.45, 2.75) is 84.0 Å². The molecule has 0 radical (unpaired) electrons. The number of rotatable bonds is 3. The van der Waals surface area contributed by atoms with Crippen molar-refractivity contribution in [1.29, 1.82) is 0 Å². The van der Waals surface area contributed by atoms with E-state index in [1.165, 1.54) is 6.08 Å². The Morgan fingerprint density at radius 2 is 1.59 bits per heavy atom. The highest BCUT2D eigenvalue weighted by Crippen LogP contribution is 2.68. The third kappa shape index (κ3) is 3.19. The Balaban J connectivity index is 1.63. The lowest BCUT2D eigenvalue weighted by atomic mass is 9.43. The maximum absolute atomic E-state index is 11.3. The third-order valence-electron chi connectivity index (χ3n) is 9.98. The van der Waals surface area contributed by atoms with E-state index in [4.69, 9.17) is 5.11 Å². The summed E-state index contributed by atoms with van der Waals surface area (Å²) in [5.74, 6) is 0.525. The van der Waals surface area contributed by atoms with Crippen molar-refractivity contribution in [2.75, 3.05) is 0 Å². The Morgan fingerprint density at radius 1 is 0.931 bits per heavy atom. The smallest absolute Gasteiger partial charge is 0.327 e. The molecule has 4 aliphatic carbocycles. The number of carbonyl (C=O) groups is 1. The Morgan fingerprint density at radius 3 is 2.28 bits per heavy atom. The fourth-order valence-electron chi connectivity index (χ4n) is 8.51. The topological polar surface area (TPSA) is 98.0 Å². The van der Waals surface area contributed by atoms with E-state index in [2.05, 4.69) is 20.8 Å². The molecule has 29 heavy (non-hydrogen) atoms. The molecular formula is C24H38O5. The third-order valence-corrected chi connectivity index (χ3v) is 9.98. The zero-order chi connectivity index (χ0) is 21.1. The summed E-state index contributed by atoms with van der Waals surface area (Å²) in [6, 6.07) is 0. The normalized spacial score (nSPS) is 53.2. The summed E-state index contributed by atoms with van der Waals surface area (Å²) >= 11 is 0. The Hall–Kier alpha value is -0.910. The molecule has 0 unspecified atom stereocenters. The van der Waals surface area contributed by atoms with Crippen LogP contribution in [0.5, 0.6) is 0 Å². The van der Waals surface area contributed by atoms with Gasteiger partial charge in [0.25, 0.3) is 0 Å². The number of fused-ring (bicyclic) bond motifs is 5. The van der Waals surface area contributed by atoms with Crippen molar-refractivity contribution in [3.05, 3.63) is 12.2 Å². The van der Waals surface area contributed by atoms with Gasteiger partial charge in [0.1, 0.15) is 0 Å². The lowest BCUT2D eigenvalue weighted by Crippen LogP contribution is -2.64. The molecule has 4 rings (SSSR count). The maximum atomic E-state index is 11.3. The summed E-state index contributed by atoms with van der Waals surface area (Å²) < 4.78 is 0. The van der Waals surface area contributed by atoms with E-state index in [0.717, 1.165) is 38.5 Å². The van der Waals surface area contributed by atoms with Crippen LogP contribution in [0.4, 0.5) is 0 Å². The average molecular weight is 407 g/mol. The zero-order valence-corrected chi connectivity index (χ0v) is 18.0. The summed E-state index contributed by atoms with van der Waals surface area (Å²) in [5, 5.41) is 41.5. The van der Waals surface area contributed by atoms with Gasteiger partial charge in [-0.1, -0.05) is 26.8 Å². The summed E-state index contributed by atoms with van der Waals surface area (Å²) in [6.07, 6.45) is 7.81. The van der Waals surface area contributed by atoms with Gasteiger partial charge in [0.05, 0.1) is 18.3 Å². The number of aliphatic carboxylic acids is 1. The largest absolute Gasteiger partial charge is 0.478 e. The predicted octanol–water partition coefficient (Wildman–Crippen LogP) is 3.22. The van der Waals surface area contributed by atoms with Crippen molar-refractivity contribution in [2.24, 2.45) is 46.3 Å². The molecule has 0 aromatic rings. The van der Waals surface area contributed by atoms with Crippen LogP contribution in [0.25, 0.3) is 0 Å². The van der Waals surface area contributed by atoms with Crippen LogP contribution in [-0.2, 0) is 4.79 Å². The minimum Gasteiger partial charge on any atom is -0.478 e. The molecule has 0 saturated heterocycles. The molecule has 0 aromatic carbocycles. The molecule has 0 bridgehead atoms. The Kier molecular flexibility index (Phi) is 5.40. The first-order valence-electron chi connectivity index (χ1n) is 11.5. The SMILES string of the molecule is C[C@H](/C=C/C(=O)O)[C@H]1CC[C@H]2[C@@H]3[C@@H](O)[C@H](O)[C@@H]4C[C@H](O)CC[C@]4(C)[C@H]3CC[C@]12C. The summed E-state index contributed by atoms with van der Waals surface area (Å²) in [7, 11) is 0. The average Bonchev–Trinajstić information content (AvgIpc) is 3.02. The number of aliphatic hydroxyl groups is 3. The van der Waals surface area contributed by atoms with E-state index < -0.39 is 18.2 Å². The van der Waals surface area contributed by atoms with Crippen molar-refractivity contribution >= 4 is 5.97 Å². The first-order valence-corrected chi connectivity index (χ1v) is 11.5. The van der Waals surface area contributed by atoms with Gasteiger partial charge >= 0.3 is 5.97 Å². The van der Waals surface area contributed by atoms with Gasteiger partial charge in [-0.2, -0.15) is 0 Å². The highest BCUT2D eigenvalue weighted by atomic mass is 16.4. The van der Waals surface area contributed by atoms with Crippen LogP contribution in [0.3, 0.4) is 0 Å². The molecule has 4 fully saturated rings. The van der Waals surface area contributed by atoms with E-state index >= 15 is 0 Å². The van der Waals surface area contributed by atoms with E-state index in [1.807, 2.05) is 6.08 Å². The molecule has 4 N–H and O–H groups in total. The molecule has 0 aromatic heterocycles. The van der Waals surface area contributed by atoms with Crippen molar-refractivity contribution < 1.29 is 25.2 Å².